The second-order valence-corrected chi connectivity index (χ2v) is 5.92. The molecular weight excluding hydrogens is 325 g/mol. The first-order valence-electron chi connectivity index (χ1n) is 6.34. The number of hydrogen-bond acceptors (Lipinski definition) is 3. The summed E-state index contributed by atoms with van der Waals surface area (Å²) in [5.74, 6) is -0.871. The van der Waals surface area contributed by atoms with Crippen LogP contribution in [0.4, 0.5) is 14.9 Å². The summed E-state index contributed by atoms with van der Waals surface area (Å²) >= 11 is 6.88. The molecule has 2 aromatic rings. The zero-order chi connectivity index (χ0) is 15.7. The fourth-order valence-corrected chi connectivity index (χ4v) is 3.04. The average Bonchev–Trinajstić information content (AvgIpc) is 2.77. The van der Waals surface area contributed by atoms with Gasteiger partial charge in [0.1, 0.15) is 5.82 Å². The van der Waals surface area contributed by atoms with Crippen LogP contribution in [0, 0.1) is 5.82 Å². The molecule has 3 rings (SSSR count). The first kappa shape index (κ1) is 14.8. The van der Waals surface area contributed by atoms with Crippen molar-refractivity contribution in [2.24, 2.45) is 0 Å². The van der Waals surface area contributed by atoms with Crippen LogP contribution in [0.25, 0.3) is 6.08 Å². The maximum absolute atomic E-state index is 13.0. The van der Waals surface area contributed by atoms with Gasteiger partial charge in [-0.05, 0) is 53.7 Å². The lowest BCUT2D eigenvalue weighted by Gasteiger charge is -2.11. The Morgan fingerprint density at radius 3 is 2.41 bits per heavy atom. The molecule has 2 aromatic carbocycles. The molecule has 0 aliphatic carbocycles. The predicted octanol–water partition coefficient (Wildman–Crippen LogP) is 4.72. The lowest BCUT2D eigenvalue weighted by atomic mass is 10.2. The summed E-state index contributed by atoms with van der Waals surface area (Å²) in [4.78, 5) is 25.8. The SMILES string of the molecule is O=C1S/C(=C\c2ccccc2Cl)C(=O)N1c1ccc(F)cc1. The molecule has 0 unspecified atom stereocenters. The summed E-state index contributed by atoms with van der Waals surface area (Å²) in [6, 6.07) is 12.2. The molecule has 6 heteroatoms. The van der Waals surface area contributed by atoms with Gasteiger partial charge < -0.3 is 0 Å². The van der Waals surface area contributed by atoms with E-state index in [9.17, 15) is 14.0 Å². The lowest BCUT2D eigenvalue weighted by Crippen LogP contribution is -2.27. The summed E-state index contributed by atoms with van der Waals surface area (Å²) in [7, 11) is 0. The van der Waals surface area contributed by atoms with Crippen molar-refractivity contribution in [3.63, 3.8) is 0 Å². The van der Waals surface area contributed by atoms with Crippen LogP contribution in [-0.4, -0.2) is 11.1 Å². The van der Waals surface area contributed by atoms with E-state index >= 15 is 0 Å². The van der Waals surface area contributed by atoms with Gasteiger partial charge in [-0.1, -0.05) is 29.8 Å². The minimum absolute atomic E-state index is 0.280. The van der Waals surface area contributed by atoms with E-state index in [1.54, 1.807) is 30.3 Å². The van der Waals surface area contributed by atoms with Gasteiger partial charge in [-0.15, -0.1) is 0 Å². The van der Waals surface area contributed by atoms with Crippen molar-refractivity contribution in [2.45, 2.75) is 0 Å². The molecule has 0 spiro atoms. The molecule has 2 amide bonds. The number of halogens is 2. The number of nitrogens with zero attached hydrogens (tertiary/aromatic N) is 1. The Bertz CT molecular complexity index is 789. The molecule has 0 radical (unpaired) electrons. The molecule has 22 heavy (non-hydrogen) atoms. The molecule has 0 atom stereocenters. The van der Waals surface area contributed by atoms with Gasteiger partial charge in [-0.2, -0.15) is 0 Å². The van der Waals surface area contributed by atoms with Gasteiger partial charge in [0.25, 0.3) is 11.1 Å². The Hall–Kier alpha value is -2.11. The Balaban J connectivity index is 1.95. The van der Waals surface area contributed by atoms with Crippen LogP contribution in [-0.2, 0) is 4.79 Å². The fourth-order valence-electron chi connectivity index (χ4n) is 2.01. The van der Waals surface area contributed by atoms with Gasteiger partial charge in [0.2, 0.25) is 0 Å². The predicted molar refractivity (Wildman–Crippen MR) is 86.3 cm³/mol. The van der Waals surface area contributed by atoms with Crippen LogP contribution in [0.1, 0.15) is 5.56 Å². The average molecular weight is 334 g/mol. The molecule has 1 aliphatic heterocycles. The van der Waals surface area contributed by atoms with E-state index in [1.165, 1.54) is 24.3 Å². The van der Waals surface area contributed by atoms with Crippen molar-refractivity contribution in [2.75, 3.05) is 4.90 Å². The topological polar surface area (TPSA) is 37.4 Å². The molecule has 1 saturated heterocycles. The maximum atomic E-state index is 13.0. The number of hydrogen-bond donors (Lipinski definition) is 0. The minimum atomic E-state index is -0.443. The fraction of sp³-hybridized carbons (Fsp3) is 0. The van der Waals surface area contributed by atoms with Crippen LogP contribution in [0.3, 0.4) is 0 Å². The number of carbonyl (C=O) groups is 2. The molecule has 1 aliphatic rings. The smallest absolute Gasteiger partial charge is 0.268 e. The first-order chi connectivity index (χ1) is 10.6. The largest absolute Gasteiger partial charge is 0.298 e. The van der Waals surface area contributed by atoms with Crippen molar-refractivity contribution in [3.8, 4) is 0 Å². The van der Waals surface area contributed by atoms with Gasteiger partial charge in [0, 0.05) is 5.02 Å². The molecule has 1 heterocycles. The highest BCUT2D eigenvalue weighted by molar-refractivity contribution is 8.19. The summed E-state index contributed by atoms with van der Waals surface area (Å²) in [5.41, 5.74) is 1.00. The zero-order valence-corrected chi connectivity index (χ0v) is 12.7. The number of anilines is 1. The van der Waals surface area contributed by atoms with Crippen LogP contribution in [0.15, 0.2) is 53.4 Å². The molecule has 1 fully saturated rings. The standard InChI is InChI=1S/C16H9ClFNO2S/c17-13-4-2-1-3-10(13)9-14-15(20)19(16(21)22-14)12-7-5-11(18)6-8-12/h1-9H/b14-9-. The van der Waals surface area contributed by atoms with Gasteiger partial charge in [-0.25, -0.2) is 9.29 Å². The third kappa shape index (κ3) is 2.77. The van der Waals surface area contributed by atoms with Crippen LogP contribution < -0.4 is 4.90 Å². The number of carbonyl (C=O) groups excluding carboxylic acids is 2. The van der Waals surface area contributed by atoms with Crippen molar-refractivity contribution in [1.29, 1.82) is 0 Å². The van der Waals surface area contributed by atoms with Crippen molar-refractivity contribution < 1.29 is 14.0 Å². The molecule has 0 aromatic heterocycles. The normalized spacial score (nSPS) is 16.6. The van der Waals surface area contributed by atoms with Gasteiger partial charge in [0.15, 0.2) is 0 Å². The molecule has 0 N–H and O–H groups in total. The molecule has 110 valence electrons. The highest BCUT2D eigenvalue weighted by atomic mass is 35.5. The van der Waals surface area contributed by atoms with E-state index in [0.29, 0.717) is 16.3 Å². The molecular formula is C16H9ClFNO2S. The summed E-state index contributed by atoms with van der Waals surface area (Å²) in [5, 5.41) is 0.0750. The summed E-state index contributed by atoms with van der Waals surface area (Å²) in [6.07, 6.45) is 1.58. The molecule has 0 bridgehead atoms. The van der Waals surface area contributed by atoms with E-state index < -0.39 is 17.0 Å². The van der Waals surface area contributed by atoms with Gasteiger partial charge in [0.05, 0.1) is 10.6 Å². The van der Waals surface area contributed by atoms with Crippen LogP contribution >= 0.6 is 23.4 Å². The summed E-state index contributed by atoms with van der Waals surface area (Å²) < 4.78 is 13.0. The maximum Gasteiger partial charge on any atom is 0.298 e. The van der Waals surface area contributed by atoms with Crippen molar-refractivity contribution in [1.82, 2.24) is 0 Å². The van der Waals surface area contributed by atoms with E-state index in [2.05, 4.69) is 0 Å². The highest BCUT2D eigenvalue weighted by Gasteiger charge is 2.36. The van der Waals surface area contributed by atoms with Crippen molar-refractivity contribution >= 4 is 46.3 Å². The Morgan fingerprint density at radius 1 is 1.05 bits per heavy atom. The third-order valence-electron chi connectivity index (χ3n) is 3.07. The minimum Gasteiger partial charge on any atom is -0.268 e. The highest BCUT2D eigenvalue weighted by Crippen LogP contribution is 2.36. The number of benzene rings is 2. The Labute approximate surface area is 135 Å². The second-order valence-electron chi connectivity index (χ2n) is 4.52. The number of amides is 2. The van der Waals surface area contributed by atoms with E-state index in [1.807, 2.05) is 0 Å². The van der Waals surface area contributed by atoms with Crippen LogP contribution in [0.5, 0.6) is 0 Å². The quantitative estimate of drug-likeness (QED) is 0.746. The number of imide groups is 1. The molecule has 0 saturated carbocycles. The van der Waals surface area contributed by atoms with E-state index in [0.717, 1.165) is 16.7 Å². The lowest BCUT2D eigenvalue weighted by molar-refractivity contribution is -0.113. The summed E-state index contributed by atoms with van der Waals surface area (Å²) in [6.45, 7) is 0. The molecule has 3 nitrogen and oxygen atoms in total. The van der Waals surface area contributed by atoms with Gasteiger partial charge in [-0.3, -0.25) is 9.59 Å². The number of rotatable bonds is 2. The van der Waals surface area contributed by atoms with Crippen molar-refractivity contribution in [3.05, 3.63) is 69.8 Å². The first-order valence-corrected chi connectivity index (χ1v) is 7.54. The second kappa shape index (κ2) is 5.94. The van der Waals surface area contributed by atoms with E-state index in [4.69, 9.17) is 11.6 Å². The monoisotopic (exact) mass is 333 g/mol. The Kier molecular flexibility index (Phi) is 4.00. The third-order valence-corrected chi connectivity index (χ3v) is 4.28. The van der Waals surface area contributed by atoms with Crippen LogP contribution in [0.2, 0.25) is 5.02 Å². The number of thioether (sulfide) groups is 1. The van der Waals surface area contributed by atoms with Gasteiger partial charge >= 0.3 is 0 Å². The Morgan fingerprint density at radius 2 is 1.73 bits per heavy atom. The zero-order valence-electron chi connectivity index (χ0n) is 11.1. The van der Waals surface area contributed by atoms with E-state index in [-0.39, 0.29) is 4.91 Å².